The molecule has 0 aliphatic heterocycles. The van der Waals surface area contributed by atoms with Gasteiger partial charge in [0.2, 0.25) is 5.91 Å². The maximum atomic E-state index is 12.8. The molecule has 2 heterocycles. The van der Waals surface area contributed by atoms with Gasteiger partial charge < -0.3 is 4.90 Å². The summed E-state index contributed by atoms with van der Waals surface area (Å²) in [5.74, 6) is -0.229. The molecular formula is C22H22N6O2. The van der Waals surface area contributed by atoms with Crippen molar-refractivity contribution in [3.8, 4) is 5.69 Å². The number of benzene rings is 2. The van der Waals surface area contributed by atoms with Crippen LogP contribution in [0.2, 0.25) is 0 Å². The minimum absolute atomic E-state index is 0.169. The van der Waals surface area contributed by atoms with Gasteiger partial charge in [0.15, 0.2) is 0 Å². The zero-order valence-corrected chi connectivity index (χ0v) is 17.1. The van der Waals surface area contributed by atoms with Gasteiger partial charge in [0, 0.05) is 24.8 Å². The minimum atomic E-state index is -0.327. The Bertz CT molecular complexity index is 1280. The summed E-state index contributed by atoms with van der Waals surface area (Å²) in [6.45, 7) is 4.14. The van der Waals surface area contributed by atoms with Crippen molar-refractivity contribution in [2.24, 2.45) is 0 Å². The number of aryl methyl sites for hydroxylation is 1. The van der Waals surface area contributed by atoms with E-state index in [2.05, 4.69) is 15.4 Å². The number of para-hydroxylation sites is 1. The van der Waals surface area contributed by atoms with Gasteiger partial charge in [-0.3, -0.25) is 9.59 Å². The molecule has 8 nitrogen and oxygen atoms in total. The molecule has 1 amide bonds. The van der Waals surface area contributed by atoms with Crippen LogP contribution in [-0.4, -0.2) is 42.6 Å². The fourth-order valence-electron chi connectivity index (χ4n) is 3.43. The van der Waals surface area contributed by atoms with Crippen molar-refractivity contribution >= 4 is 16.8 Å². The lowest BCUT2D eigenvalue weighted by Gasteiger charge is -2.18. The molecule has 8 heteroatoms. The van der Waals surface area contributed by atoms with Crippen molar-refractivity contribution in [2.75, 3.05) is 7.05 Å². The number of likely N-dealkylation sites (N-methyl/N-ethyl adjacent to an activating group) is 1. The number of amides is 1. The lowest BCUT2D eigenvalue weighted by molar-refractivity contribution is -0.131. The molecule has 152 valence electrons. The summed E-state index contributed by atoms with van der Waals surface area (Å²) in [5.41, 5.74) is 3.97. The zero-order chi connectivity index (χ0) is 21.3. The van der Waals surface area contributed by atoms with Crippen LogP contribution in [0.1, 0.15) is 17.0 Å². The Morgan fingerprint density at radius 2 is 1.73 bits per heavy atom. The Morgan fingerprint density at radius 3 is 2.50 bits per heavy atom. The van der Waals surface area contributed by atoms with E-state index in [1.54, 1.807) is 36.2 Å². The van der Waals surface area contributed by atoms with E-state index >= 15 is 0 Å². The average molecular weight is 402 g/mol. The third-order valence-corrected chi connectivity index (χ3v) is 5.18. The molecule has 0 fully saturated rings. The largest absolute Gasteiger partial charge is 0.340 e. The van der Waals surface area contributed by atoms with Crippen LogP contribution < -0.4 is 5.56 Å². The number of nitrogens with zero attached hydrogens (tertiary/aromatic N) is 6. The normalized spacial score (nSPS) is 11.0. The quantitative estimate of drug-likeness (QED) is 0.511. The standard InChI is InChI=1S/C22H22N6O2/c1-15-19(16(2)28(24-15)17-9-5-4-6-10-17)13-26(3)21(29)14-27-22(30)18-11-7-8-12-20(18)23-25-27/h4-12H,13-14H2,1-3H3. The van der Waals surface area contributed by atoms with Gasteiger partial charge in [0.25, 0.3) is 5.56 Å². The summed E-state index contributed by atoms with van der Waals surface area (Å²) >= 11 is 0. The summed E-state index contributed by atoms with van der Waals surface area (Å²) in [4.78, 5) is 26.9. The van der Waals surface area contributed by atoms with Crippen LogP contribution >= 0.6 is 0 Å². The predicted octanol–water partition coefficient (Wildman–Crippen LogP) is 2.25. The van der Waals surface area contributed by atoms with Crippen molar-refractivity contribution in [2.45, 2.75) is 26.9 Å². The third kappa shape index (κ3) is 3.59. The molecule has 0 spiro atoms. The van der Waals surface area contributed by atoms with Crippen molar-refractivity contribution in [1.29, 1.82) is 0 Å². The van der Waals surface area contributed by atoms with Gasteiger partial charge in [0.05, 0.1) is 16.8 Å². The van der Waals surface area contributed by atoms with E-state index in [0.29, 0.717) is 17.4 Å². The molecule has 0 aliphatic rings. The topological polar surface area (TPSA) is 85.9 Å². The fourth-order valence-corrected chi connectivity index (χ4v) is 3.43. The summed E-state index contributed by atoms with van der Waals surface area (Å²) in [5, 5.41) is 13.0. The van der Waals surface area contributed by atoms with Crippen LogP contribution in [0.15, 0.2) is 59.4 Å². The zero-order valence-electron chi connectivity index (χ0n) is 17.1. The van der Waals surface area contributed by atoms with Crippen molar-refractivity contribution in [1.82, 2.24) is 29.7 Å². The highest BCUT2D eigenvalue weighted by molar-refractivity contribution is 5.78. The van der Waals surface area contributed by atoms with Gasteiger partial charge in [-0.05, 0) is 38.1 Å². The second-order valence-corrected chi connectivity index (χ2v) is 7.22. The van der Waals surface area contributed by atoms with Gasteiger partial charge in [-0.2, -0.15) is 5.10 Å². The maximum Gasteiger partial charge on any atom is 0.278 e. The highest BCUT2D eigenvalue weighted by Gasteiger charge is 2.18. The van der Waals surface area contributed by atoms with E-state index in [-0.39, 0.29) is 18.0 Å². The molecule has 4 aromatic rings. The first-order valence-electron chi connectivity index (χ1n) is 9.62. The number of hydrogen-bond donors (Lipinski definition) is 0. The minimum Gasteiger partial charge on any atom is -0.340 e. The number of fused-ring (bicyclic) bond motifs is 1. The van der Waals surface area contributed by atoms with Crippen LogP contribution in [0.4, 0.5) is 0 Å². The van der Waals surface area contributed by atoms with E-state index in [1.807, 2.05) is 48.9 Å². The van der Waals surface area contributed by atoms with Crippen LogP contribution in [0.5, 0.6) is 0 Å². The highest BCUT2D eigenvalue weighted by Crippen LogP contribution is 2.19. The Hall–Kier alpha value is -3.81. The number of carbonyl (C=O) groups is 1. The molecule has 0 radical (unpaired) electrons. The van der Waals surface area contributed by atoms with Crippen LogP contribution in [-0.2, 0) is 17.9 Å². The SMILES string of the molecule is Cc1nn(-c2ccccc2)c(C)c1CN(C)C(=O)Cn1nnc2ccccc2c1=O. The number of rotatable bonds is 5. The van der Waals surface area contributed by atoms with Crippen molar-refractivity contribution in [3.05, 3.63) is 81.9 Å². The molecule has 0 N–H and O–H groups in total. The molecule has 0 saturated carbocycles. The maximum absolute atomic E-state index is 12.8. The van der Waals surface area contributed by atoms with Gasteiger partial charge in [0.1, 0.15) is 12.1 Å². The molecule has 0 aliphatic carbocycles. The van der Waals surface area contributed by atoms with Crippen LogP contribution in [0.25, 0.3) is 16.6 Å². The Kier molecular flexibility index (Phi) is 5.14. The average Bonchev–Trinajstić information content (AvgIpc) is 3.04. The number of hydrogen-bond acceptors (Lipinski definition) is 5. The van der Waals surface area contributed by atoms with E-state index in [1.165, 1.54) is 0 Å². The van der Waals surface area contributed by atoms with Crippen molar-refractivity contribution < 1.29 is 4.79 Å². The predicted molar refractivity (Wildman–Crippen MR) is 113 cm³/mol. The van der Waals surface area contributed by atoms with E-state index in [0.717, 1.165) is 27.3 Å². The molecule has 2 aromatic carbocycles. The molecular weight excluding hydrogens is 380 g/mol. The summed E-state index contributed by atoms with van der Waals surface area (Å²) in [6, 6.07) is 16.8. The molecule has 0 bridgehead atoms. The van der Waals surface area contributed by atoms with Gasteiger partial charge in [-0.1, -0.05) is 35.5 Å². The third-order valence-electron chi connectivity index (χ3n) is 5.18. The molecule has 2 aromatic heterocycles. The number of aromatic nitrogens is 5. The van der Waals surface area contributed by atoms with E-state index < -0.39 is 0 Å². The second-order valence-electron chi connectivity index (χ2n) is 7.22. The lowest BCUT2D eigenvalue weighted by Crippen LogP contribution is -2.35. The first kappa shape index (κ1) is 19.5. The Morgan fingerprint density at radius 1 is 1.03 bits per heavy atom. The first-order valence-corrected chi connectivity index (χ1v) is 9.62. The second kappa shape index (κ2) is 7.90. The first-order chi connectivity index (χ1) is 14.5. The van der Waals surface area contributed by atoms with E-state index in [9.17, 15) is 9.59 Å². The van der Waals surface area contributed by atoms with Gasteiger partial charge >= 0.3 is 0 Å². The molecule has 0 unspecified atom stereocenters. The van der Waals surface area contributed by atoms with Gasteiger partial charge in [-0.15, -0.1) is 5.10 Å². The lowest BCUT2D eigenvalue weighted by atomic mass is 10.2. The summed E-state index contributed by atoms with van der Waals surface area (Å²) in [6.07, 6.45) is 0. The van der Waals surface area contributed by atoms with E-state index in [4.69, 9.17) is 0 Å². The van der Waals surface area contributed by atoms with Crippen LogP contribution in [0.3, 0.4) is 0 Å². The Labute approximate surface area is 173 Å². The fraction of sp³-hybridized carbons (Fsp3) is 0.227. The Balaban J connectivity index is 1.54. The number of carbonyl (C=O) groups excluding carboxylic acids is 1. The monoisotopic (exact) mass is 402 g/mol. The summed E-state index contributed by atoms with van der Waals surface area (Å²) < 4.78 is 2.98. The molecule has 4 rings (SSSR count). The van der Waals surface area contributed by atoms with Gasteiger partial charge in [-0.25, -0.2) is 9.36 Å². The molecule has 0 atom stereocenters. The van der Waals surface area contributed by atoms with Crippen LogP contribution in [0, 0.1) is 13.8 Å². The highest BCUT2D eigenvalue weighted by atomic mass is 16.2. The van der Waals surface area contributed by atoms with Crippen molar-refractivity contribution in [3.63, 3.8) is 0 Å². The molecule has 30 heavy (non-hydrogen) atoms. The molecule has 0 saturated heterocycles. The smallest absolute Gasteiger partial charge is 0.278 e. The summed E-state index contributed by atoms with van der Waals surface area (Å²) in [7, 11) is 1.71.